The van der Waals surface area contributed by atoms with Crippen LogP contribution in [0.4, 0.5) is 0 Å². The van der Waals surface area contributed by atoms with Crippen molar-refractivity contribution in [1.82, 2.24) is 9.80 Å². The smallest absolute Gasteiger partial charge is 0.308 e. The van der Waals surface area contributed by atoms with Gasteiger partial charge in [-0.25, -0.2) is 0 Å². The molecule has 2 heterocycles. The Morgan fingerprint density at radius 2 is 1.96 bits per heavy atom. The molecule has 6 heteroatoms. The van der Waals surface area contributed by atoms with Crippen LogP contribution >= 0.6 is 0 Å². The molecule has 3 rings (SSSR count). The minimum Gasteiger partial charge on any atom is -0.481 e. The van der Waals surface area contributed by atoms with Crippen molar-refractivity contribution in [1.29, 1.82) is 0 Å². The van der Waals surface area contributed by atoms with Crippen molar-refractivity contribution in [3.8, 4) is 0 Å². The Morgan fingerprint density at radius 3 is 2.62 bits per heavy atom. The minimum atomic E-state index is -0.848. The van der Waals surface area contributed by atoms with Crippen molar-refractivity contribution in [2.24, 2.45) is 5.92 Å². The lowest BCUT2D eigenvalue weighted by atomic mass is 9.90. The Morgan fingerprint density at radius 1 is 1.21 bits per heavy atom. The van der Waals surface area contributed by atoms with Crippen LogP contribution < -0.4 is 0 Å². The van der Waals surface area contributed by atoms with E-state index < -0.39 is 11.9 Å². The quantitative estimate of drug-likeness (QED) is 0.910. The normalized spacial score (nSPS) is 23.0. The number of aliphatic carboxylic acids is 1. The number of carboxylic acids is 1. The van der Waals surface area contributed by atoms with Crippen molar-refractivity contribution in [2.75, 3.05) is 19.6 Å². The van der Waals surface area contributed by atoms with Crippen molar-refractivity contribution < 1.29 is 19.5 Å². The average Bonchev–Trinajstić information content (AvgIpc) is 3.05. The summed E-state index contributed by atoms with van der Waals surface area (Å²) in [7, 11) is 0. The molecule has 0 aliphatic carbocycles. The van der Waals surface area contributed by atoms with E-state index in [2.05, 4.69) is 0 Å². The molecular formula is C18H22N2O4. The van der Waals surface area contributed by atoms with E-state index in [1.54, 1.807) is 9.80 Å². The van der Waals surface area contributed by atoms with Crippen LogP contribution in [0.25, 0.3) is 0 Å². The monoisotopic (exact) mass is 330 g/mol. The van der Waals surface area contributed by atoms with Gasteiger partial charge >= 0.3 is 5.97 Å². The second-order valence-electron chi connectivity index (χ2n) is 6.54. The van der Waals surface area contributed by atoms with Crippen LogP contribution in [-0.2, 0) is 20.8 Å². The molecule has 128 valence electrons. The molecule has 2 aliphatic rings. The van der Waals surface area contributed by atoms with Gasteiger partial charge in [-0.05, 0) is 24.0 Å². The average molecular weight is 330 g/mol. The van der Waals surface area contributed by atoms with E-state index in [4.69, 9.17) is 5.11 Å². The molecule has 1 aromatic carbocycles. The first kappa shape index (κ1) is 16.5. The Hall–Kier alpha value is -2.37. The topological polar surface area (TPSA) is 77.9 Å². The van der Waals surface area contributed by atoms with E-state index in [0.29, 0.717) is 19.5 Å². The first-order valence-corrected chi connectivity index (χ1v) is 8.33. The van der Waals surface area contributed by atoms with Crippen LogP contribution in [-0.4, -0.2) is 52.3 Å². The third kappa shape index (κ3) is 3.13. The Balaban J connectivity index is 1.77. The third-order valence-electron chi connectivity index (χ3n) is 5.07. The molecule has 0 saturated carbocycles. The fourth-order valence-corrected chi connectivity index (χ4v) is 3.73. The summed E-state index contributed by atoms with van der Waals surface area (Å²) < 4.78 is 0. The van der Waals surface area contributed by atoms with Crippen LogP contribution in [0.5, 0.6) is 0 Å². The number of carbonyl (C=O) groups excluding carboxylic acids is 2. The fraction of sp³-hybridized carbons (Fsp3) is 0.500. The highest BCUT2D eigenvalue weighted by Gasteiger charge is 2.35. The van der Waals surface area contributed by atoms with Crippen LogP contribution in [0.15, 0.2) is 24.3 Å². The number of nitrogens with zero attached hydrogens (tertiary/aromatic N) is 2. The molecular weight excluding hydrogens is 308 g/mol. The molecule has 1 aromatic rings. The molecule has 1 N–H and O–H groups in total. The zero-order valence-electron chi connectivity index (χ0n) is 13.8. The second kappa shape index (κ2) is 6.63. The summed E-state index contributed by atoms with van der Waals surface area (Å²) in [5.74, 6) is -1.44. The highest BCUT2D eigenvalue weighted by atomic mass is 16.4. The van der Waals surface area contributed by atoms with E-state index in [1.165, 1.54) is 12.5 Å². The van der Waals surface area contributed by atoms with Gasteiger partial charge in [0.1, 0.15) is 0 Å². The Kier molecular flexibility index (Phi) is 4.55. The van der Waals surface area contributed by atoms with Gasteiger partial charge in [-0.3, -0.25) is 14.4 Å². The summed E-state index contributed by atoms with van der Waals surface area (Å²) >= 11 is 0. The molecule has 1 saturated heterocycles. The van der Waals surface area contributed by atoms with Gasteiger partial charge in [0.15, 0.2) is 0 Å². The Labute approximate surface area is 141 Å². The lowest BCUT2D eigenvalue weighted by Crippen LogP contribution is -2.41. The summed E-state index contributed by atoms with van der Waals surface area (Å²) in [5.41, 5.74) is 2.21. The molecule has 0 aromatic heterocycles. The maximum absolute atomic E-state index is 12.7. The predicted octanol–water partition coefficient (Wildman–Crippen LogP) is 1.46. The molecule has 2 aliphatic heterocycles. The lowest BCUT2D eigenvalue weighted by Gasteiger charge is -2.37. The van der Waals surface area contributed by atoms with Gasteiger partial charge in [0.25, 0.3) is 0 Å². The number of amides is 2. The van der Waals surface area contributed by atoms with E-state index in [0.717, 1.165) is 12.0 Å². The Bertz CT molecular complexity index is 673. The highest BCUT2D eigenvalue weighted by Crippen LogP contribution is 2.33. The number of rotatable bonds is 3. The van der Waals surface area contributed by atoms with E-state index in [-0.39, 0.29) is 30.8 Å². The SMILES string of the molecule is CC(=O)N1CCc2ccccc2[C@H]1CC(=O)N1CC[C@H](C(=O)O)C1. The van der Waals surface area contributed by atoms with Gasteiger partial charge in [0.2, 0.25) is 11.8 Å². The van der Waals surface area contributed by atoms with Crippen molar-refractivity contribution in [3.05, 3.63) is 35.4 Å². The third-order valence-corrected chi connectivity index (χ3v) is 5.07. The van der Waals surface area contributed by atoms with Gasteiger partial charge < -0.3 is 14.9 Å². The fourth-order valence-electron chi connectivity index (χ4n) is 3.73. The number of hydrogen-bond acceptors (Lipinski definition) is 3. The maximum atomic E-state index is 12.7. The van der Waals surface area contributed by atoms with Crippen molar-refractivity contribution in [3.63, 3.8) is 0 Å². The molecule has 6 nitrogen and oxygen atoms in total. The number of carbonyl (C=O) groups is 3. The van der Waals surface area contributed by atoms with Gasteiger partial charge in [-0.2, -0.15) is 0 Å². The van der Waals surface area contributed by atoms with E-state index in [9.17, 15) is 14.4 Å². The first-order chi connectivity index (χ1) is 11.5. The molecule has 1 fully saturated rings. The molecule has 0 spiro atoms. The van der Waals surface area contributed by atoms with E-state index in [1.807, 2.05) is 24.3 Å². The van der Waals surface area contributed by atoms with Crippen LogP contribution in [0, 0.1) is 5.92 Å². The van der Waals surface area contributed by atoms with Crippen LogP contribution in [0.3, 0.4) is 0 Å². The number of benzene rings is 1. The van der Waals surface area contributed by atoms with Crippen molar-refractivity contribution in [2.45, 2.75) is 32.2 Å². The number of carboxylic acid groups (broad SMARTS) is 1. The summed E-state index contributed by atoms with van der Waals surface area (Å²) in [6.07, 6.45) is 1.51. The standard InChI is InChI=1S/C18H22N2O4/c1-12(21)20-9-7-13-4-2-3-5-15(13)16(20)10-17(22)19-8-6-14(11-19)18(23)24/h2-5,14,16H,6-11H2,1H3,(H,23,24)/t14-,16+/m0/s1. The largest absolute Gasteiger partial charge is 0.481 e. The number of fused-ring (bicyclic) bond motifs is 1. The molecule has 24 heavy (non-hydrogen) atoms. The van der Waals surface area contributed by atoms with Gasteiger partial charge in [-0.15, -0.1) is 0 Å². The molecule has 2 atom stereocenters. The highest BCUT2D eigenvalue weighted by molar-refractivity contribution is 5.81. The molecule has 0 radical (unpaired) electrons. The van der Waals surface area contributed by atoms with Crippen LogP contribution in [0.2, 0.25) is 0 Å². The van der Waals surface area contributed by atoms with E-state index >= 15 is 0 Å². The van der Waals surface area contributed by atoms with Crippen LogP contribution in [0.1, 0.15) is 36.9 Å². The molecule has 2 amide bonds. The van der Waals surface area contributed by atoms with Gasteiger partial charge in [0, 0.05) is 26.6 Å². The lowest BCUT2D eigenvalue weighted by molar-refractivity contribution is -0.141. The summed E-state index contributed by atoms with van der Waals surface area (Å²) in [4.78, 5) is 39.1. The summed E-state index contributed by atoms with van der Waals surface area (Å²) in [6.45, 7) is 2.89. The van der Waals surface area contributed by atoms with Gasteiger partial charge in [0.05, 0.1) is 18.4 Å². The van der Waals surface area contributed by atoms with Gasteiger partial charge in [-0.1, -0.05) is 24.3 Å². The zero-order valence-corrected chi connectivity index (χ0v) is 13.8. The second-order valence-corrected chi connectivity index (χ2v) is 6.54. The predicted molar refractivity (Wildman–Crippen MR) is 87.2 cm³/mol. The number of hydrogen-bond donors (Lipinski definition) is 1. The first-order valence-electron chi connectivity index (χ1n) is 8.33. The maximum Gasteiger partial charge on any atom is 0.308 e. The minimum absolute atomic E-state index is 0.0351. The number of likely N-dealkylation sites (tertiary alicyclic amines) is 1. The summed E-state index contributed by atoms with van der Waals surface area (Å²) in [6, 6.07) is 7.66. The molecule has 0 bridgehead atoms. The summed E-state index contributed by atoms with van der Waals surface area (Å²) in [5, 5.41) is 9.09. The zero-order chi connectivity index (χ0) is 17.3. The molecule has 0 unspecified atom stereocenters. The van der Waals surface area contributed by atoms with Crippen molar-refractivity contribution >= 4 is 17.8 Å².